The quantitative estimate of drug-likeness (QED) is 0.220. The molecule has 0 heterocycles. The third-order valence-electron chi connectivity index (χ3n) is 6.03. The predicted octanol–water partition coefficient (Wildman–Crippen LogP) is 4.25. The molecule has 11 nitrogen and oxygen atoms in total. The summed E-state index contributed by atoms with van der Waals surface area (Å²) >= 11 is 0. The van der Waals surface area contributed by atoms with Gasteiger partial charge in [-0.2, -0.15) is 5.10 Å². The first-order chi connectivity index (χ1) is 19.7. The number of carbonyl (C=O) groups is 1. The summed E-state index contributed by atoms with van der Waals surface area (Å²) in [6.07, 6.45) is 0.488. The van der Waals surface area contributed by atoms with Gasteiger partial charge in [0.1, 0.15) is 12.3 Å². The third kappa shape index (κ3) is 7.40. The Kier molecular flexibility index (Phi) is 10.8. The fourth-order valence-electron chi connectivity index (χ4n) is 3.95. The number of nitrogens with zero attached hydrogens (tertiary/aromatic N) is 2. The number of methoxy groups -OCH3 is 4. The molecule has 0 aliphatic carbocycles. The largest absolute Gasteiger partial charge is 0.494 e. The molecule has 0 saturated heterocycles. The van der Waals surface area contributed by atoms with Crippen LogP contribution in [0.25, 0.3) is 0 Å². The van der Waals surface area contributed by atoms with E-state index in [1.165, 1.54) is 39.5 Å². The zero-order valence-electron chi connectivity index (χ0n) is 24.0. The van der Waals surface area contributed by atoms with Crippen molar-refractivity contribution in [3.8, 4) is 28.7 Å². The van der Waals surface area contributed by atoms with Gasteiger partial charge < -0.3 is 23.7 Å². The monoisotopic (exact) mass is 585 g/mol. The summed E-state index contributed by atoms with van der Waals surface area (Å²) in [6.45, 7) is 3.64. The number of hydrazone groups is 1. The van der Waals surface area contributed by atoms with Gasteiger partial charge in [-0.15, -0.1) is 0 Å². The topological polar surface area (TPSA) is 125 Å². The molecule has 0 radical (unpaired) electrons. The lowest BCUT2D eigenvalue weighted by molar-refractivity contribution is -0.119. The molecule has 0 aliphatic rings. The lowest BCUT2D eigenvalue weighted by Crippen LogP contribution is -2.39. The highest BCUT2D eigenvalue weighted by Crippen LogP contribution is 2.33. The predicted molar refractivity (Wildman–Crippen MR) is 156 cm³/mol. The fourth-order valence-corrected chi connectivity index (χ4v) is 5.39. The van der Waals surface area contributed by atoms with E-state index in [1.54, 1.807) is 49.6 Å². The third-order valence-corrected chi connectivity index (χ3v) is 7.80. The lowest BCUT2D eigenvalue weighted by atomic mass is 10.1. The van der Waals surface area contributed by atoms with Gasteiger partial charge in [-0.3, -0.25) is 9.10 Å². The molecule has 0 unspecified atom stereocenters. The second kappa shape index (κ2) is 14.3. The van der Waals surface area contributed by atoms with Gasteiger partial charge in [0.2, 0.25) is 0 Å². The molecule has 3 rings (SSSR count). The van der Waals surface area contributed by atoms with Crippen LogP contribution in [0.4, 0.5) is 5.69 Å². The van der Waals surface area contributed by atoms with Crippen LogP contribution in [-0.2, 0) is 14.8 Å². The second-order valence-corrected chi connectivity index (χ2v) is 10.3. The van der Waals surface area contributed by atoms with Gasteiger partial charge in [0, 0.05) is 11.6 Å². The number of nitrogens with one attached hydrogen (secondary N) is 1. The van der Waals surface area contributed by atoms with Crippen LogP contribution in [0.1, 0.15) is 25.8 Å². The van der Waals surface area contributed by atoms with Crippen LogP contribution in [0.3, 0.4) is 0 Å². The zero-order valence-corrected chi connectivity index (χ0v) is 24.8. The first-order valence-corrected chi connectivity index (χ1v) is 14.2. The Morgan fingerprint density at radius 3 is 1.95 bits per heavy atom. The van der Waals surface area contributed by atoms with Gasteiger partial charge in [0.15, 0.2) is 23.0 Å². The summed E-state index contributed by atoms with van der Waals surface area (Å²) in [5, 5.41) is 4.28. The molecule has 3 aromatic rings. The summed E-state index contributed by atoms with van der Waals surface area (Å²) in [5.41, 5.74) is 4.04. The molecule has 41 heavy (non-hydrogen) atoms. The second-order valence-electron chi connectivity index (χ2n) is 8.47. The highest BCUT2D eigenvalue weighted by molar-refractivity contribution is 7.92. The van der Waals surface area contributed by atoms with Crippen LogP contribution in [-0.4, -0.2) is 61.6 Å². The molecular formula is C29H35N3O8S. The van der Waals surface area contributed by atoms with Crippen LogP contribution in [0.2, 0.25) is 0 Å². The number of amides is 1. The Bertz CT molecular complexity index is 1470. The molecule has 0 spiro atoms. The van der Waals surface area contributed by atoms with Gasteiger partial charge in [-0.1, -0.05) is 6.92 Å². The normalized spacial score (nSPS) is 11.4. The fraction of sp³-hybridized carbons (Fsp3) is 0.310. The van der Waals surface area contributed by atoms with Crippen molar-refractivity contribution in [2.75, 3.05) is 45.9 Å². The summed E-state index contributed by atoms with van der Waals surface area (Å²) in [5.74, 6) is 1.60. The minimum Gasteiger partial charge on any atom is -0.494 e. The smallest absolute Gasteiger partial charge is 0.264 e. The van der Waals surface area contributed by atoms with E-state index in [9.17, 15) is 13.2 Å². The van der Waals surface area contributed by atoms with Gasteiger partial charge in [0.05, 0.1) is 51.3 Å². The summed E-state index contributed by atoms with van der Waals surface area (Å²) in [4.78, 5) is 13.1. The Labute approximate surface area is 240 Å². The van der Waals surface area contributed by atoms with E-state index < -0.39 is 22.5 Å². The summed E-state index contributed by atoms with van der Waals surface area (Å²) in [7, 11) is 1.71. The minimum absolute atomic E-state index is 0.0834. The van der Waals surface area contributed by atoms with Crippen LogP contribution in [0.15, 0.2) is 70.7 Å². The molecular weight excluding hydrogens is 550 g/mol. The van der Waals surface area contributed by atoms with Gasteiger partial charge in [0.25, 0.3) is 15.9 Å². The number of hydrogen-bond acceptors (Lipinski definition) is 9. The molecule has 3 aromatic carbocycles. The Balaban J connectivity index is 1.95. The standard InChI is InChI=1S/C29H35N3O8S/c1-7-24(20-9-15-25(36-3)27(17-20)38-5)30-31-29(33)19-32(21-10-12-22(13-11-21)40-8-2)41(34,35)23-14-16-26(37-4)28(18-23)39-6/h9-18H,7-8,19H2,1-6H3,(H,31,33)/b30-24-. The van der Waals surface area contributed by atoms with Crippen LogP contribution < -0.4 is 33.4 Å². The summed E-state index contributed by atoms with van der Waals surface area (Å²) in [6, 6.07) is 15.9. The van der Waals surface area contributed by atoms with E-state index in [0.29, 0.717) is 47.3 Å². The average Bonchev–Trinajstić information content (AvgIpc) is 3.00. The van der Waals surface area contributed by atoms with Crippen molar-refractivity contribution in [1.82, 2.24) is 5.43 Å². The van der Waals surface area contributed by atoms with E-state index in [4.69, 9.17) is 23.7 Å². The maximum Gasteiger partial charge on any atom is 0.264 e. The van der Waals surface area contributed by atoms with Crippen molar-refractivity contribution in [2.24, 2.45) is 5.10 Å². The highest BCUT2D eigenvalue weighted by atomic mass is 32.2. The van der Waals surface area contributed by atoms with Gasteiger partial charge in [-0.05, 0) is 67.9 Å². The first-order valence-electron chi connectivity index (χ1n) is 12.8. The number of sulfonamides is 1. The molecule has 0 bridgehead atoms. The van der Waals surface area contributed by atoms with E-state index in [-0.39, 0.29) is 16.3 Å². The van der Waals surface area contributed by atoms with Gasteiger partial charge >= 0.3 is 0 Å². The molecule has 1 amide bonds. The van der Waals surface area contributed by atoms with E-state index in [1.807, 2.05) is 13.8 Å². The summed E-state index contributed by atoms with van der Waals surface area (Å²) < 4.78 is 55.4. The van der Waals surface area contributed by atoms with Crippen molar-refractivity contribution in [2.45, 2.75) is 25.2 Å². The minimum atomic E-state index is -4.23. The lowest BCUT2D eigenvalue weighted by Gasteiger charge is -2.24. The molecule has 0 saturated carbocycles. The first kappa shape index (κ1) is 31.1. The number of rotatable bonds is 14. The number of benzene rings is 3. The Morgan fingerprint density at radius 1 is 0.805 bits per heavy atom. The maximum absolute atomic E-state index is 13.9. The van der Waals surface area contributed by atoms with Crippen LogP contribution >= 0.6 is 0 Å². The molecule has 0 aromatic heterocycles. The molecule has 0 fully saturated rings. The molecule has 0 atom stereocenters. The highest BCUT2D eigenvalue weighted by Gasteiger charge is 2.28. The van der Waals surface area contributed by atoms with Crippen molar-refractivity contribution in [1.29, 1.82) is 0 Å². The zero-order chi connectivity index (χ0) is 30.0. The average molecular weight is 586 g/mol. The van der Waals surface area contributed by atoms with Crippen LogP contribution in [0.5, 0.6) is 28.7 Å². The van der Waals surface area contributed by atoms with E-state index in [0.717, 1.165) is 4.31 Å². The number of carbonyl (C=O) groups excluding carboxylic acids is 1. The molecule has 220 valence electrons. The van der Waals surface area contributed by atoms with E-state index in [2.05, 4.69) is 10.5 Å². The Hall–Kier alpha value is -4.45. The molecule has 1 N–H and O–H groups in total. The number of hydrogen-bond donors (Lipinski definition) is 1. The molecule has 12 heteroatoms. The Morgan fingerprint density at radius 2 is 1.39 bits per heavy atom. The van der Waals surface area contributed by atoms with Crippen molar-refractivity contribution >= 4 is 27.3 Å². The van der Waals surface area contributed by atoms with Crippen molar-refractivity contribution in [3.05, 3.63) is 66.2 Å². The number of anilines is 1. The van der Waals surface area contributed by atoms with Crippen LogP contribution in [0, 0.1) is 0 Å². The SMILES string of the molecule is CCOc1ccc(N(CC(=O)N/N=C(/CC)c2ccc(OC)c(OC)c2)S(=O)(=O)c2ccc(OC)c(OC)c2)cc1. The maximum atomic E-state index is 13.9. The van der Waals surface area contributed by atoms with Gasteiger partial charge in [-0.25, -0.2) is 13.8 Å². The van der Waals surface area contributed by atoms with E-state index >= 15 is 0 Å². The molecule has 0 aliphatic heterocycles. The number of ether oxygens (including phenoxy) is 5. The van der Waals surface area contributed by atoms with Crippen molar-refractivity contribution in [3.63, 3.8) is 0 Å². The van der Waals surface area contributed by atoms with Crippen molar-refractivity contribution < 1.29 is 36.9 Å².